The summed E-state index contributed by atoms with van der Waals surface area (Å²) in [7, 11) is 1.66. The molecule has 16 heavy (non-hydrogen) atoms. The van der Waals surface area contributed by atoms with Crippen LogP contribution in [0.1, 0.15) is 24.7 Å². The van der Waals surface area contributed by atoms with Gasteiger partial charge in [0, 0.05) is 19.2 Å². The Morgan fingerprint density at radius 3 is 2.56 bits per heavy atom. The second kappa shape index (κ2) is 4.86. The predicted octanol–water partition coefficient (Wildman–Crippen LogP) is 1.84. The summed E-state index contributed by atoms with van der Waals surface area (Å²) >= 11 is 0. The van der Waals surface area contributed by atoms with E-state index in [1.807, 2.05) is 6.92 Å². The molecule has 0 amide bonds. The fourth-order valence-corrected chi connectivity index (χ4v) is 1.52. The van der Waals surface area contributed by atoms with E-state index in [2.05, 4.69) is 5.10 Å². The molecular formula is C10H15F3N2O. The molecule has 1 rings (SSSR count). The highest BCUT2D eigenvalue weighted by atomic mass is 19.4. The molecule has 1 atom stereocenters. The van der Waals surface area contributed by atoms with Gasteiger partial charge < -0.3 is 5.11 Å². The molecule has 0 spiro atoms. The second-order valence-electron chi connectivity index (χ2n) is 3.78. The van der Waals surface area contributed by atoms with Gasteiger partial charge in [-0.15, -0.1) is 0 Å². The molecule has 0 fully saturated rings. The van der Waals surface area contributed by atoms with E-state index in [4.69, 9.17) is 0 Å². The van der Waals surface area contributed by atoms with Crippen LogP contribution in [0, 0.1) is 0 Å². The smallest absolute Gasteiger partial charge is 0.391 e. The van der Waals surface area contributed by atoms with Crippen molar-refractivity contribution in [3.8, 4) is 0 Å². The minimum absolute atomic E-state index is 0.0248. The van der Waals surface area contributed by atoms with Crippen LogP contribution in [0.4, 0.5) is 13.2 Å². The van der Waals surface area contributed by atoms with Gasteiger partial charge in [-0.1, -0.05) is 6.92 Å². The van der Waals surface area contributed by atoms with Crippen molar-refractivity contribution >= 4 is 0 Å². The van der Waals surface area contributed by atoms with Crippen LogP contribution in [0.15, 0.2) is 6.07 Å². The lowest BCUT2D eigenvalue weighted by Crippen LogP contribution is -2.22. The average molecular weight is 236 g/mol. The molecule has 1 heterocycles. The van der Waals surface area contributed by atoms with Crippen molar-refractivity contribution in [1.82, 2.24) is 9.78 Å². The fourth-order valence-electron chi connectivity index (χ4n) is 1.52. The zero-order valence-electron chi connectivity index (χ0n) is 9.25. The second-order valence-corrected chi connectivity index (χ2v) is 3.78. The van der Waals surface area contributed by atoms with Crippen molar-refractivity contribution in [1.29, 1.82) is 0 Å². The Bertz CT molecular complexity index is 346. The number of halogens is 3. The molecule has 1 unspecified atom stereocenters. The number of hydrogen-bond acceptors (Lipinski definition) is 2. The van der Waals surface area contributed by atoms with Crippen molar-refractivity contribution in [3.63, 3.8) is 0 Å². The summed E-state index contributed by atoms with van der Waals surface area (Å²) in [4.78, 5) is 0. The highest BCUT2D eigenvalue weighted by Gasteiger charge is 2.31. The Labute approximate surface area is 91.9 Å². The first-order valence-electron chi connectivity index (χ1n) is 5.08. The highest BCUT2D eigenvalue weighted by molar-refractivity contribution is 5.11. The van der Waals surface area contributed by atoms with Gasteiger partial charge in [0.1, 0.15) is 0 Å². The molecule has 1 N–H and O–H groups in total. The maximum Gasteiger partial charge on any atom is 0.391 e. The van der Waals surface area contributed by atoms with E-state index in [0.29, 0.717) is 5.69 Å². The van der Waals surface area contributed by atoms with E-state index >= 15 is 0 Å². The minimum Gasteiger partial charge on any atom is -0.392 e. The van der Waals surface area contributed by atoms with Gasteiger partial charge in [-0.05, 0) is 12.5 Å². The quantitative estimate of drug-likeness (QED) is 0.866. The highest BCUT2D eigenvalue weighted by Crippen LogP contribution is 2.23. The third-order valence-electron chi connectivity index (χ3n) is 2.30. The summed E-state index contributed by atoms with van der Waals surface area (Å²) in [5.41, 5.74) is 1.44. The molecule has 92 valence electrons. The molecule has 1 aromatic heterocycles. The van der Waals surface area contributed by atoms with Gasteiger partial charge in [0.15, 0.2) is 0 Å². The number of hydrogen-bond donors (Lipinski definition) is 1. The Morgan fingerprint density at radius 2 is 2.12 bits per heavy atom. The topological polar surface area (TPSA) is 38.0 Å². The maximum atomic E-state index is 12.0. The monoisotopic (exact) mass is 236 g/mol. The van der Waals surface area contributed by atoms with E-state index in [0.717, 1.165) is 12.1 Å². The maximum absolute atomic E-state index is 12.0. The number of nitrogens with zero attached hydrogens (tertiary/aromatic N) is 2. The van der Waals surface area contributed by atoms with Crippen LogP contribution in [0.5, 0.6) is 0 Å². The number of rotatable bonds is 4. The standard InChI is InChI=1S/C10H15F3N2O/c1-3-7-4-8(15(2)14-7)5-9(16)6-10(11,12)13/h4,9,16H,3,5-6H2,1-2H3. The van der Waals surface area contributed by atoms with Crippen LogP contribution in [0.25, 0.3) is 0 Å². The zero-order valence-corrected chi connectivity index (χ0v) is 9.25. The Balaban J connectivity index is 2.62. The fraction of sp³-hybridized carbons (Fsp3) is 0.700. The largest absolute Gasteiger partial charge is 0.392 e. The molecule has 0 aliphatic carbocycles. The summed E-state index contributed by atoms with van der Waals surface area (Å²) in [5, 5.41) is 13.4. The van der Waals surface area contributed by atoms with Crippen LogP contribution in [-0.2, 0) is 19.9 Å². The number of aryl methyl sites for hydroxylation is 2. The molecule has 0 saturated heterocycles. The molecule has 0 saturated carbocycles. The molecule has 0 aliphatic heterocycles. The molecule has 0 bridgehead atoms. The van der Waals surface area contributed by atoms with Crippen LogP contribution in [0.2, 0.25) is 0 Å². The zero-order chi connectivity index (χ0) is 12.3. The van der Waals surface area contributed by atoms with Gasteiger partial charge >= 0.3 is 6.18 Å². The van der Waals surface area contributed by atoms with Gasteiger partial charge in [0.05, 0.1) is 18.2 Å². The Morgan fingerprint density at radius 1 is 1.50 bits per heavy atom. The lowest BCUT2D eigenvalue weighted by molar-refractivity contribution is -0.153. The van der Waals surface area contributed by atoms with Gasteiger partial charge in [0.2, 0.25) is 0 Å². The van der Waals surface area contributed by atoms with Crippen molar-refractivity contribution in [2.24, 2.45) is 7.05 Å². The molecule has 6 heteroatoms. The normalized spacial score (nSPS) is 14.1. The minimum atomic E-state index is -4.33. The third-order valence-corrected chi connectivity index (χ3v) is 2.30. The summed E-state index contributed by atoms with van der Waals surface area (Å²) in [5.74, 6) is 0. The van der Waals surface area contributed by atoms with Crippen molar-refractivity contribution in [2.75, 3.05) is 0 Å². The van der Waals surface area contributed by atoms with Gasteiger partial charge in [-0.2, -0.15) is 18.3 Å². The Kier molecular flexibility index (Phi) is 3.96. The number of aliphatic hydroxyl groups excluding tert-OH is 1. The van der Waals surface area contributed by atoms with E-state index in [9.17, 15) is 18.3 Å². The first kappa shape index (κ1) is 13.0. The van der Waals surface area contributed by atoms with Gasteiger partial charge in [0.25, 0.3) is 0 Å². The van der Waals surface area contributed by atoms with E-state index < -0.39 is 18.7 Å². The SMILES string of the molecule is CCc1cc(CC(O)CC(F)(F)F)n(C)n1. The summed E-state index contributed by atoms with van der Waals surface area (Å²) in [6.07, 6.45) is -6.21. The number of aromatic nitrogens is 2. The van der Waals surface area contributed by atoms with Gasteiger partial charge in [-0.25, -0.2) is 0 Å². The number of aliphatic hydroxyl groups is 1. The van der Waals surface area contributed by atoms with Crippen LogP contribution in [-0.4, -0.2) is 27.2 Å². The molecule has 0 radical (unpaired) electrons. The summed E-state index contributed by atoms with van der Waals surface area (Å²) in [6, 6.07) is 1.72. The first-order chi connectivity index (χ1) is 7.31. The van der Waals surface area contributed by atoms with Gasteiger partial charge in [-0.3, -0.25) is 4.68 Å². The van der Waals surface area contributed by atoms with Crippen molar-refractivity contribution in [2.45, 2.75) is 38.5 Å². The van der Waals surface area contributed by atoms with E-state index in [1.54, 1.807) is 13.1 Å². The average Bonchev–Trinajstić information content (AvgIpc) is 2.44. The molecule has 0 aliphatic rings. The summed E-state index contributed by atoms with van der Waals surface area (Å²) in [6.45, 7) is 1.91. The lowest BCUT2D eigenvalue weighted by Gasteiger charge is -2.12. The lowest BCUT2D eigenvalue weighted by atomic mass is 10.1. The van der Waals surface area contributed by atoms with E-state index in [-0.39, 0.29) is 6.42 Å². The summed E-state index contributed by atoms with van der Waals surface area (Å²) < 4.78 is 37.5. The first-order valence-corrected chi connectivity index (χ1v) is 5.08. The van der Waals surface area contributed by atoms with Crippen molar-refractivity contribution < 1.29 is 18.3 Å². The molecule has 3 nitrogen and oxygen atoms in total. The third kappa shape index (κ3) is 3.84. The predicted molar refractivity (Wildman–Crippen MR) is 53.0 cm³/mol. The van der Waals surface area contributed by atoms with Crippen LogP contribution < -0.4 is 0 Å². The Hall–Kier alpha value is -1.04. The molecule has 1 aromatic rings. The number of alkyl halides is 3. The molecule has 0 aromatic carbocycles. The van der Waals surface area contributed by atoms with Crippen LogP contribution in [0.3, 0.4) is 0 Å². The van der Waals surface area contributed by atoms with Crippen molar-refractivity contribution in [3.05, 3.63) is 17.5 Å². The van der Waals surface area contributed by atoms with Crippen LogP contribution >= 0.6 is 0 Å². The molecular weight excluding hydrogens is 221 g/mol. The van der Waals surface area contributed by atoms with E-state index in [1.165, 1.54) is 4.68 Å².